The Hall–Kier alpha value is -1.40. The third-order valence-electron chi connectivity index (χ3n) is 3.50. The first-order valence-electron chi connectivity index (χ1n) is 7.11. The van der Waals surface area contributed by atoms with Crippen LogP contribution in [0.5, 0.6) is 0 Å². The summed E-state index contributed by atoms with van der Waals surface area (Å²) in [6.45, 7) is 2.39. The second-order valence-electron chi connectivity index (χ2n) is 5.02. The van der Waals surface area contributed by atoms with Crippen molar-refractivity contribution in [1.29, 1.82) is 0 Å². The van der Waals surface area contributed by atoms with E-state index >= 15 is 0 Å². The van der Waals surface area contributed by atoms with E-state index in [1.54, 1.807) is 16.7 Å². The third kappa shape index (κ3) is 4.81. The van der Waals surface area contributed by atoms with Crippen molar-refractivity contribution in [2.24, 2.45) is 0 Å². The largest absolute Gasteiger partial charge is 0.399 e. The molecule has 1 fully saturated rings. The number of carbonyl (C=O) groups excluding carboxylic acids is 2. The number of hydrogen-bond donors (Lipinski definition) is 2. The highest BCUT2D eigenvalue weighted by Gasteiger charge is 2.33. The number of nitrogens with zero attached hydrogens (tertiary/aromatic N) is 1. The number of hydrogen-bond acceptors (Lipinski definition) is 4. The predicted molar refractivity (Wildman–Crippen MR) is 93.1 cm³/mol. The average Bonchev–Trinajstić information content (AvgIpc) is 2.98. The molecular weight excluding hydrogens is 322 g/mol. The summed E-state index contributed by atoms with van der Waals surface area (Å²) < 4.78 is 0. The molecule has 0 aliphatic carbocycles. The molecule has 2 rings (SSSR count). The van der Waals surface area contributed by atoms with Gasteiger partial charge in [0.25, 0.3) is 0 Å². The Morgan fingerprint density at radius 2 is 2.05 bits per heavy atom. The van der Waals surface area contributed by atoms with Gasteiger partial charge in [-0.2, -0.15) is 0 Å². The summed E-state index contributed by atoms with van der Waals surface area (Å²) in [7, 11) is 0. The molecule has 22 heavy (non-hydrogen) atoms. The van der Waals surface area contributed by atoms with Crippen LogP contribution in [0.4, 0.5) is 5.69 Å². The zero-order chi connectivity index (χ0) is 15.2. The van der Waals surface area contributed by atoms with Gasteiger partial charge in [0, 0.05) is 24.4 Å². The van der Waals surface area contributed by atoms with Gasteiger partial charge < -0.3 is 16.0 Å². The Kier molecular flexibility index (Phi) is 7.55. The minimum atomic E-state index is -0.325. The van der Waals surface area contributed by atoms with Gasteiger partial charge in [0.2, 0.25) is 11.8 Å². The minimum Gasteiger partial charge on any atom is -0.399 e. The molecule has 1 unspecified atom stereocenters. The maximum Gasteiger partial charge on any atom is 0.243 e. The monoisotopic (exact) mass is 343 g/mol. The number of nitrogens with one attached hydrogen (secondary N) is 1. The average molecular weight is 344 g/mol. The first-order valence-corrected chi connectivity index (χ1v) is 8.26. The van der Waals surface area contributed by atoms with Crippen LogP contribution < -0.4 is 11.1 Å². The predicted octanol–water partition coefficient (Wildman–Crippen LogP) is 1.66. The van der Waals surface area contributed by atoms with Gasteiger partial charge in [-0.3, -0.25) is 9.59 Å². The van der Waals surface area contributed by atoms with Crippen molar-refractivity contribution in [2.75, 3.05) is 23.9 Å². The highest BCUT2D eigenvalue weighted by atomic mass is 35.5. The van der Waals surface area contributed by atoms with Crippen molar-refractivity contribution in [3.63, 3.8) is 0 Å². The van der Waals surface area contributed by atoms with Gasteiger partial charge in [0.15, 0.2) is 0 Å². The van der Waals surface area contributed by atoms with Gasteiger partial charge in [-0.05, 0) is 24.1 Å². The molecule has 1 atom stereocenters. The Morgan fingerprint density at radius 1 is 1.36 bits per heavy atom. The van der Waals surface area contributed by atoms with E-state index in [1.807, 2.05) is 31.2 Å². The molecule has 1 aliphatic rings. The van der Waals surface area contributed by atoms with E-state index in [4.69, 9.17) is 5.73 Å². The van der Waals surface area contributed by atoms with E-state index in [2.05, 4.69) is 5.32 Å². The normalized spacial score (nSPS) is 17.0. The SMILES string of the molecule is CCC(=O)N1CSCC1C(=O)NCCc1ccc(N)cc1.Cl. The molecule has 122 valence electrons. The van der Waals surface area contributed by atoms with Gasteiger partial charge in [0.05, 0.1) is 5.88 Å². The molecule has 0 bridgehead atoms. The van der Waals surface area contributed by atoms with Crippen molar-refractivity contribution in [1.82, 2.24) is 10.2 Å². The molecule has 3 N–H and O–H groups in total. The topological polar surface area (TPSA) is 75.4 Å². The van der Waals surface area contributed by atoms with Crippen LogP contribution in [-0.4, -0.2) is 40.9 Å². The highest BCUT2D eigenvalue weighted by molar-refractivity contribution is 7.99. The van der Waals surface area contributed by atoms with E-state index < -0.39 is 0 Å². The standard InChI is InChI=1S/C15H21N3O2S.ClH/c1-2-14(19)18-10-21-9-13(18)15(20)17-8-7-11-3-5-12(16)6-4-11;/h3-6,13H,2,7-10,16H2,1H3,(H,17,20);1H. The fraction of sp³-hybridized carbons (Fsp3) is 0.467. The number of thioether (sulfide) groups is 1. The van der Waals surface area contributed by atoms with Crippen molar-refractivity contribution in [3.05, 3.63) is 29.8 Å². The number of anilines is 1. The smallest absolute Gasteiger partial charge is 0.243 e. The molecule has 1 aromatic rings. The first-order chi connectivity index (χ1) is 10.1. The molecule has 0 spiro atoms. The molecule has 5 nitrogen and oxygen atoms in total. The molecule has 1 heterocycles. The number of carbonyl (C=O) groups is 2. The molecule has 0 aromatic heterocycles. The summed E-state index contributed by atoms with van der Waals surface area (Å²) in [5.41, 5.74) is 7.50. The van der Waals surface area contributed by atoms with Crippen LogP contribution >= 0.6 is 24.2 Å². The second-order valence-corrected chi connectivity index (χ2v) is 6.02. The van der Waals surface area contributed by atoms with Crippen LogP contribution in [0, 0.1) is 0 Å². The number of halogens is 1. The van der Waals surface area contributed by atoms with Crippen LogP contribution in [0.1, 0.15) is 18.9 Å². The maximum atomic E-state index is 12.2. The zero-order valence-corrected chi connectivity index (χ0v) is 14.2. The summed E-state index contributed by atoms with van der Waals surface area (Å²) in [5.74, 6) is 1.28. The molecule has 1 aromatic carbocycles. The number of rotatable bonds is 5. The fourth-order valence-electron chi connectivity index (χ4n) is 2.24. The lowest BCUT2D eigenvalue weighted by atomic mass is 10.1. The molecule has 1 saturated heterocycles. The Labute approximate surface area is 141 Å². The molecule has 1 aliphatic heterocycles. The Morgan fingerprint density at radius 3 is 2.68 bits per heavy atom. The third-order valence-corrected chi connectivity index (χ3v) is 4.51. The van der Waals surface area contributed by atoms with E-state index in [-0.39, 0.29) is 30.3 Å². The van der Waals surface area contributed by atoms with Gasteiger partial charge in [-0.1, -0.05) is 19.1 Å². The van der Waals surface area contributed by atoms with Crippen molar-refractivity contribution >= 4 is 41.7 Å². The van der Waals surface area contributed by atoms with Crippen LogP contribution in [-0.2, 0) is 16.0 Å². The first kappa shape index (κ1) is 18.6. The van der Waals surface area contributed by atoms with Crippen molar-refractivity contribution in [2.45, 2.75) is 25.8 Å². The minimum absolute atomic E-state index is 0. The number of nitrogens with two attached hydrogens (primary N) is 1. The lowest BCUT2D eigenvalue weighted by Crippen LogP contribution is -2.47. The van der Waals surface area contributed by atoms with Crippen LogP contribution in [0.3, 0.4) is 0 Å². The van der Waals surface area contributed by atoms with Gasteiger partial charge in [-0.25, -0.2) is 0 Å². The number of amides is 2. The number of nitrogen functional groups attached to an aromatic ring is 1. The summed E-state index contributed by atoms with van der Waals surface area (Å²) >= 11 is 1.62. The van der Waals surface area contributed by atoms with E-state index in [1.165, 1.54) is 0 Å². The van der Waals surface area contributed by atoms with Gasteiger partial charge in [-0.15, -0.1) is 24.2 Å². The lowest BCUT2D eigenvalue weighted by Gasteiger charge is -2.22. The quantitative estimate of drug-likeness (QED) is 0.797. The zero-order valence-electron chi connectivity index (χ0n) is 12.6. The molecule has 0 radical (unpaired) electrons. The van der Waals surface area contributed by atoms with Crippen LogP contribution in [0.15, 0.2) is 24.3 Å². The maximum absolute atomic E-state index is 12.2. The highest BCUT2D eigenvalue weighted by Crippen LogP contribution is 2.21. The molecule has 7 heteroatoms. The van der Waals surface area contributed by atoms with Crippen LogP contribution in [0.25, 0.3) is 0 Å². The molecular formula is C15H22ClN3O2S. The number of benzene rings is 1. The lowest BCUT2D eigenvalue weighted by molar-refractivity contribution is -0.137. The summed E-state index contributed by atoms with van der Waals surface area (Å²) in [4.78, 5) is 25.6. The Balaban J connectivity index is 0.00000242. The fourth-order valence-corrected chi connectivity index (χ4v) is 3.42. The molecule has 2 amide bonds. The van der Waals surface area contributed by atoms with E-state index in [0.29, 0.717) is 24.6 Å². The summed E-state index contributed by atoms with van der Waals surface area (Å²) in [5, 5.41) is 2.92. The van der Waals surface area contributed by atoms with Crippen molar-refractivity contribution < 1.29 is 9.59 Å². The summed E-state index contributed by atoms with van der Waals surface area (Å²) in [6.07, 6.45) is 1.20. The van der Waals surface area contributed by atoms with Crippen molar-refractivity contribution in [3.8, 4) is 0 Å². The van der Waals surface area contributed by atoms with Gasteiger partial charge >= 0.3 is 0 Å². The summed E-state index contributed by atoms with van der Waals surface area (Å²) in [6, 6.07) is 7.30. The molecule has 0 saturated carbocycles. The van der Waals surface area contributed by atoms with E-state index in [0.717, 1.165) is 17.7 Å². The Bertz CT molecular complexity index is 510. The second kappa shape index (κ2) is 8.90. The van der Waals surface area contributed by atoms with Gasteiger partial charge in [0.1, 0.15) is 6.04 Å². The van der Waals surface area contributed by atoms with E-state index in [9.17, 15) is 9.59 Å². The van der Waals surface area contributed by atoms with Crippen LogP contribution in [0.2, 0.25) is 0 Å².